The van der Waals surface area contributed by atoms with Gasteiger partial charge in [0.25, 0.3) is 5.91 Å². The van der Waals surface area contributed by atoms with Gasteiger partial charge in [0.1, 0.15) is 0 Å². The summed E-state index contributed by atoms with van der Waals surface area (Å²) in [5, 5.41) is 16.0. The standard InChI is InChI=1S/C39H48N6O3S/c1-29-8-5-6-12-35(29)27-44-19-14-32(15-20-44)26-40-37(47)34-13-7-11-33(24-34)28-48-23-18-30-16-21-45(22-17-30)39-43-42-38(49-39)41-36(46)25-31-9-3-2-4-10-31/h2-13,24,30,32H,14-23,25-28H2,1H3,(H,40,47)(H,41,42,46). The van der Waals surface area contributed by atoms with Crippen molar-refractivity contribution in [2.75, 3.05) is 49.5 Å². The Morgan fingerprint density at radius 3 is 2.39 bits per heavy atom. The van der Waals surface area contributed by atoms with Crippen molar-refractivity contribution in [3.8, 4) is 0 Å². The number of nitrogens with zero attached hydrogens (tertiary/aromatic N) is 4. The molecule has 3 heterocycles. The molecule has 2 N–H and O–H groups in total. The number of carbonyl (C=O) groups excluding carboxylic acids is 2. The number of anilines is 2. The van der Waals surface area contributed by atoms with E-state index in [0.717, 1.165) is 87.6 Å². The lowest BCUT2D eigenvalue weighted by atomic mass is 9.94. The third kappa shape index (κ3) is 10.4. The number of piperidine rings is 2. The zero-order chi connectivity index (χ0) is 33.8. The Labute approximate surface area is 294 Å². The Hall–Kier alpha value is -4.12. The fourth-order valence-electron chi connectivity index (χ4n) is 6.71. The summed E-state index contributed by atoms with van der Waals surface area (Å²) in [6, 6.07) is 26.1. The van der Waals surface area contributed by atoms with Gasteiger partial charge in [-0.3, -0.25) is 14.5 Å². The van der Waals surface area contributed by atoms with Crippen LogP contribution in [0.25, 0.3) is 0 Å². The van der Waals surface area contributed by atoms with Crippen LogP contribution in [0.1, 0.15) is 64.7 Å². The van der Waals surface area contributed by atoms with E-state index in [1.54, 1.807) is 0 Å². The lowest BCUT2D eigenvalue weighted by Crippen LogP contribution is -2.38. The molecule has 10 heteroatoms. The molecule has 9 nitrogen and oxygen atoms in total. The van der Waals surface area contributed by atoms with Crippen molar-refractivity contribution in [3.63, 3.8) is 0 Å². The third-order valence-corrected chi connectivity index (χ3v) is 10.7. The van der Waals surface area contributed by atoms with E-state index in [0.29, 0.717) is 42.2 Å². The van der Waals surface area contributed by atoms with E-state index in [1.165, 1.54) is 22.5 Å². The van der Waals surface area contributed by atoms with Gasteiger partial charge >= 0.3 is 0 Å². The molecule has 3 aromatic carbocycles. The summed E-state index contributed by atoms with van der Waals surface area (Å²) in [6.07, 6.45) is 5.68. The van der Waals surface area contributed by atoms with E-state index in [1.807, 2.05) is 54.6 Å². The monoisotopic (exact) mass is 680 g/mol. The van der Waals surface area contributed by atoms with Crippen molar-refractivity contribution in [1.82, 2.24) is 20.4 Å². The first-order valence-corrected chi connectivity index (χ1v) is 18.4. The fraction of sp³-hybridized carbons (Fsp3) is 0.436. The van der Waals surface area contributed by atoms with Crippen LogP contribution < -0.4 is 15.5 Å². The van der Waals surface area contributed by atoms with Crippen LogP contribution in [0, 0.1) is 18.8 Å². The summed E-state index contributed by atoms with van der Waals surface area (Å²) in [6.45, 7) is 9.09. The number of carbonyl (C=O) groups is 2. The minimum atomic E-state index is -0.0842. The van der Waals surface area contributed by atoms with Crippen molar-refractivity contribution in [3.05, 3.63) is 107 Å². The quantitative estimate of drug-likeness (QED) is 0.147. The topological polar surface area (TPSA) is 99.7 Å². The molecular formula is C39H48N6O3S. The highest BCUT2D eigenvalue weighted by Crippen LogP contribution is 2.29. The number of amides is 2. The van der Waals surface area contributed by atoms with Crippen molar-refractivity contribution < 1.29 is 14.3 Å². The normalized spacial score (nSPS) is 16.1. The number of nitrogens with one attached hydrogen (secondary N) is 2. The van der Waals surface area contributed by atoms with E-state index >= 15 is 0 Å². The zero-order valence-corrected chi connectivity index (χ0v) is 29.3. The number of ether oxygens (including phenoxy) is 1. The highest BCUT2D eigenvalue weighted by molar-refractivity contribution is 7.19. The molecule has 4 aromatic rings. The molecule has 2 saturated heterocycles. The Kier molecular flexibility index (Phi) is 12.4. The van der Waals surface area contributed by atoms with E-state index in [4.69, 9.17) is 4.74 Å². The van der Waals surface area contributed by atoms with Gasteiger partial charge in [-0.15, -0.1) is 10.2 Å². The van der Waals surface area contributed by atoms with Gasteiger partial charge in [0.2, 0.25) is 16.2 Å². The maximum Gasteiger partial charge on any atom is 0.251 e. The zero-order valence-electron chi connectivity index (χ0n) is 28.5. The third-order valence-electron chi connectivity index (χ3n) is 9.80. The second kappa shape index (κ2) is 17.5. The lowest BCUT2D eigenvalue weighted by Gasteiger charge is -2.32. The molecule has 0 spiro atoms. The van der Waals surface area contributed by atoms with Crippen LogP contribution in [0.3, 0.4) is 0 Å². The van der Waals surface area contributed by atoms with E-state index < -0.39 is 0 Å². The molecule has 2 aliphatic heterocycles. The van der Waals surface area contributed by atoms with Crippen LogP contribution in [-0.4, -0.2) is 66.2 Å². The average molecular weight is 681 g/mol. The van der Waals surface area contributed by atoms with Crippen LogP contribution >= 0.6 is 11.3 Å². The van der Waals surface area contributed by atoms with Crippen LogP contribution in [0.4, 0.5) is 10.3 Å². The van der Waals surface area contributed by atoms with Gasteiger partial charge in [0.05, 0.1) is 13.0 Å². The Morgan fingerprint density at radius 2 is 1.59 bits per heavy atom. The Morgan fingerprint density at radius 1 is 0.857 bits per heavy atom. The summed E-state index contributed by atoms with van der Waals surface area (Å²) in [5.41, 5.74) is 5.45. The predicted octanol–water partition coefficient (Wildman–Crippen LogP) is 6.49. The number of rotatable bonds is 14. The molecule has 2 aliphatic rings. The van der Waals surface area contributed by atoms with Gasteiger partial charge in [-0.05, 0) is 98.3 Å². The van der Waals surface area contributed by atoms with Crippen molar-refractivity contribution in [1.29, 1.82) is 0 Å². The minimum absolute atomic E-state index is 0.00642. The van der Waals surface area contributed by atoms with Crippen molar-refractivity contribution in [2.45, 2.75) is 58.6 Å². The summed E-state index contributed by atoms with van der Waals surface area (Å²) < 4.78 is 6.06. The molecule has 49 heavy (non-hydrogen) atoms. The first-order valence-electron chi connectivity index (χ1n) is 17.6. The maximum atomic E-state index is 13.0. The molecule has 0 radical (unpaired) electrons. The highest BCUT2D eigenvalue weighted by Gasteiger charge is 2.23. The van der Waals surface area contributed by atoms with Crippen molar-refractivity contribution >= 4 is 33.4 Å². The molecule has 0 bridgehead atoms. The van der Waals surface area contributed by atoms with Gasteiger partial charge in [0, 0.05) is 38.3 Å². The largest absolute Gasteiger partial charge is 0.377 e. The van der Waals surface area contributed by atoms with Crippen LogP contribution in [0.2, 0.25) is 0 Å². The first kappa shape index (κ1) is 34.7. The Balaban J connectivity index is 0.846. The molecule has 0 aliphatic carbocycles. The van der Waals surface area contributed by atoms with Gasteiger partial charge < -0.3 is 20.3 Å². The minimum Gasteiger partial charge on any atom is -0.377 e. The lowest BCUT2D eigenvalue weighted by molar-refractivity contribution is -0.115. The number of aromatic nitrogens is 2. The second-order valence-corrected chi connectivity index (χ2v) is 14.4. The number of hydrogen-bond acceptors (Lipinski definition) is 8. The number of likely N-dealkylation sites (tertiary alicyclic amines) is 1. The second-order valence-electron chi connectivity index (χ2n) is 13.4. The van der Waals surface area contributed by atoms with Gasteiger partial charge in [0.15, 0.2) is 0 Å². The Bertz CT molecular complexity index is 1650. The predicted molar refractivity (Wildman–Crippen MR) is 196 cm³/mol. The molecule has 0 saturated carbocycles. The first-order chi connectivity index (χ1) is 24.0. The summed E-state index contributed by atoms with van der Waals surface area (Å²) >= 11 is 1.43. The molecule has 0 atom stereocenters. The van der Waals surface area contributed by atoms with E-state index in [2.05, 4.69) is 61.8 Å². The molecule has 6 rings (SSSR count). The maximum absolute atomic E-state index is 13.0. The average Bonchev–Trinajstić information content (AvgIpc) is 3.59. The fourth-order valence-corrected chi connectivity index (χ4v) is 7.52. The summed E-state index contributed by atoms with van der Waals surface area (Å²) in [4.78, 5) is 30.2. The smallest absolute Gasteiger partial charge is 0.251 e. The van der Waals surface area contributed by atoms with Crippen molar-refractivity contribution in [2.24, 2.45) is 11.8 Å². The molecule has 0 unspecified atom stereocenters. The molecule has 258 valence electrons. The van der Waals surface area contributed by atoms with Crippen LogP contribution in [0.5, 0.6) is 0 Å². The summed E-state index contributed by atoms with van der Waals surface area (Å²) in [7, 11) is 0. The van der Waals surface area contributed by atoms with Gasteiger partial charge in [-0.25, -0.2) is 0 Å². The SMILES string of the molecule is Cc1ccccc1CN1CCC(CNC(=O)c2cccc(COCCC3CCN(c4nnc(NC(=O)Cc5ccccc5)s4)CC3)c2)CC1. The molecule has 2 amide bonds. The molecular weight excluding hydrogens is 633 g/mol. The van der Waals surface area contributed by atoms with Crippen LogP contribution in [0.15, 0.2) is 78.9 Å². The van der Waals surface area contributed by atoms with Gasteiger partial charge in [-0.1, -0.05) is 78.1 Å². The number of aryl methyl sites for hydroxylation is 1. The number of benzene rings is 3. The van der Waals surface area contributed by atoms with Gasteiger partial charge in [-0.2, -0.15) is 0 Å². The van der Waals surface area contributed by atoms with E-state index in [9.17, 15) is 9.59 Å². The number of hydrogen-bond donors (Lipinski definition) is 2. The van der Waals surface area contributed by atoms with E-state index in [-0.39, 0.29) is 11.8 Å². The molecule has 2 fully saturated rings. The highest BCUT2D eigenvalue weighted by atomic mass is 32.1. The molecule has 1 aromatic heterocycles. The van der Waals surface area contributed by atoms with Crippen LogP contribution in [-0.2, 0) is 29.1 Å². The summed E-state index contributed by atoms with van der Waals surface area (Å²) in [5.74, 6) is 1.02.